The lowest BCUT2D eigenvalue weighted by atomic mass is 10.1. The van der Waals surface area contributed by atoms with E-state index < -0.39 is 0 Å². The molecule has 0 aromatic carbocycles. The molecule has 1 amide bonds. The maximum atomic E-state index is 11.8. The van der Waals surface area contributed by atoms with Crippen molar-refractivity contribution in [2.45, 2.75) is 65.2 Å². The van der Waals surface area contributed by atoms with Gasteiger partial charge in [0.1, 0.15) is 4.60 Å². The number of carbonyl (C=O) groups is 1. The van der Waals surface area contributed by atoms with Crippen LogP contribution in [0.3, 0.4) is 0 Å². The Hall–Kier alpha value is -0.900. The van der Waals surface area contributed by atoms with Crippen LogP contribution in [0.2, 0.25) is 0 Å². The Kier molecular flexibility index (Phi) is 8.51. The number of pyridine rings is 1. The predicted molar refractivity (Wildman–Crippen MR) is 87.9 cm³/mol. The second-order valence-corrected chi connectivity index (χ2v) is 6.00. The summed E-state index contributed by atoms with van der Waals surface area (Å²) < 4.78 is 0.792. The van der Waals surface area contributed by atoms with Gasteiger partial charge in [0.15, 0.2) is 0 Å². The lowest BCUT2D eigenvalue weighted by Crippen LogP contribution is -2.12. The Morgan fingerprint density at radius 2 is 1.80 bits per heavy atom. The van der Waals surface area contributed by atoms with E-state index in [2.05, 4.69) is 33.2 Å². The van der Waals surface area contributed by atoms with Crippen LogP contribution in [0.5, 0.6) is 0 Å². The Labute approximate surface area is 130 Å². The fourth-order valence-electron chi connectivity index (χ4n) is 2.12. The third-order valence-corrected chi connectivity index (χ3v) is 3.77. The van der Waals surface area contributed by atoms with Gasteiger partial charge in [-0.15, -0.1) is 0 Å². The van der Waals surface area contributed by atoms with Gasteiger partial charge in [-0.2, -0.15) is 0 Å². The van der Waals surface area contributed by atoms with Crippen molar-refractivity contribution in [1.82, 2.24) is 4.98 Å². The van der Waals surface area contributed by atoms with E-state index in [1.54, 1.807) is 0 Å². The quantitative estimate of drug-likeness (QED) is 0.493. The lowest BCUT2D eigenvalue weighted by molar-refractivity contribution is -0.116. The number of rotatable bonds is 9. The van der Waals surface area contributed by atoms with E-state index in [1.807, 2.05) is 19.1 Å². The zero-order chi connectivity index (χ0) is 14.8. The largest absolute Gasteiger partial charge is 0.325 e. The van der Waals surface area contributed by atoms with Crippen LogP contribution in [-0.2, 0) is 4.79 Å². The molecule has 4 heteroatoms. The average molecular weight is 341 g/mol. The summed E-state index contributed by atoms with van der Waals surface area (Å²) in [5.41, 5.74) is 1.65. The maximum absolute atomic E-state index is 11.8. The van der Waals surface area contributed by atoms with Crippen molar-refractivity contribution >= 4 is 27.5 Å². The smallest absolute Gasteiger partial charge is 0.224 e. The van der Waals surface area contributed by atoms with Crippen LogP contribution in [0.1, 0.15) is 64.0 Å². The molecule has 1 rings (SSSR count). The number of aryl methyl sites for hydroxylation is 1. The van der Waals surface area contributed by atoms with E-state index in [4.69, 9.17) is 0 Å². The van der Waals surface area contributed by atoms with Crippen LogP contribution < -0.4 is 5.32 Å². The van der Waals surface area contributed by atoms with Gasteiger partial charge in [-0.3, -0.25) is 4.79 Å². The molecule has 0 unspecified atom stereocenters. The van der Waals surface area contributed by atoms with Crippen molar-refractivity contribution in [3.63, 3.8) is 0 Å². The highest BCUT2D eigenvalue weighted by atomic mass is 79.9. The Balaban J connectivity index is 2.17. The topological polar surface area (TPSA) is 42.0 Å². The molecular weight excluding hydrogens is 316 g/mol. The van der Waals surface area contributed by atoms with E-state index in [9.17, 15) is 4.79 Å². The minimum atomic E-state index is 0.0887. The van der Waals surface area contributed by atoms with Gasteiger partial charge in [-0.25, -0.2) is 4.98 Å². The summed E-state index contributed by atoms with van der Waals surface area (Å²) in [5, 5.41) is 2.93. The number of nitrogens with one attached hydrogen (secondary N) is 1. The standard InChI is InChI=1S/C16H25BrN2O/c1-3-4-5-6-7-8-9-10-16(20)19-14-11-12-15(17)18-13(14)2/h11-12H,3-10H2,1-2H3,(H,19,20). The summed E-state index contributed by atoms with van der Waals surface area (Å²) in [5.74, 6) is 0.0887. The van der Waals surface area contributed by atoms with Crippen LogP contribution in [0.4, 0.5) is 5.69 Å². The molecule has 1 aromatic rings. The Morgan fingerprint density at radius 3 is 2.45 bits per heavy atom. The van der Waals surface area contributed by atoms with Gasteiger partial charge >= 0.3 is 0 Å². The molecular formula is C16H25BrN2O. The number of unbranched alkanes of at least 4 members (excludes halogenated alkanes) is 6. The molecule has 1 N–H and O–H groups in total. The molecule has 0 saturated carbocycles. The van der Waals surface area contributed by atoms with Crippen molar-refractivity contribution in [2.24, 2.45) is 0 Å². The first-order valence-electron chi connectivity index (χ1n) is 7.56. The van der Waals surface area contributed by atoms with E-state index in [-0.39, 0.29) is 5.91 Å². The van der Waals surface area contributed by atoms with Crippen LogP contribution >= 0.6 is 15.9 Å². The van der Waals surface area contributed by atoms with Gasteiger partial charge in [-0.1, -0.05) is 45.4 Å². The lowest BCUT2D eigenvalue weighted by Gasteiger charge is -2.08. The SMILES string of the molecule is CCCCCCCCCC(=O)Nc1ccc(Br)nc1C. The summed E-state index contributed by atoms with van der Waals surface area (Å²) in [6.45, 7) is 4.12. The zero-order valence-electron chi connectivity index (χ0n) is 12.5. The molecule has 0 spiro atoms. The highest BCUT2D eigenvalue weighted by Crippen LogP contribution is 2.17. The van der Waals surface area contributed by atoms with E-state index in [0.717, 1.165) is 28.8 Å². The first-order chi connectivity index (χ1) is 9.63. The molecule has 0 bridgehead atoms. The number of carbonyl (C=O) groups excluding carboxylic acids is 1. The number of aromatic nitrogens is 1. The van der Waals surface area contributed by atoms with E-state index in [1.165, 1.54) is 32.1 Å². The van der Waals surface area contributed by atoms with Gasteiger partial charge in [0.25, 0.3) is 0 Å². The normalized spacial score (nSPS) is 10.6. The highest BCUT2D eigenvalue weighted by molar-refractivity contribution is 9.10. The molecule has 0 aliphatic heterocycles. The highest BCUT2D eigenvalue weighted by Gasteiger charge is 2.05. The van der Waals surface area contributed by atoms with Crippen molar-refractivity contribution in [1.29, 1.82) is 0 Å². The van der Waals surface area contributed by atoms with Crippen LogP contribution in [-0.4, -0.2) is 10.9 Å². The monoisotopic (exact) mass is 340 g/mol. The molecule has 1 heterocycles. The molecule has 112 valence electrons. The summed E-state index contributed by atoms with van der Waals surface area (Å²) >= 11 is 3.32. The number of nitrogens with zero attached hydrogens (tertiary/aromatic N) is 1. The fraction of sp³-hybridized carbons (Fsp3) is 0.625. The van der Waals surface area contributed by atoms with Gasteiger partial charge in [-0.05, 0) is 41.4 Å². The molecule has 1 aromatic heterocycles. The summed E-state index contributed by atoms with van der Waals surface area (Å²) in [7, 11) is 0. The van der Waals surface area contributed by atoms with Crippen molar-refractivity contribution in [3.8, 4) is 0 Å². The zero-order valence-corrected chi connectivity index (χ0v) is 14.1. The third kappa shape index (κ3) is 7.04. The molecule has 0 aliphatic rings. The minimum Gasteiger partial charge on any atom is -0.325 e. The molecule has 3 nitrogen and oxygen atoms in total. The number of anilines is 1. The van der Waals surface area contributed by atoms with Gasteiger partial charge in [0.2, 0.25) is 5.91 Å². The Bertz CT molecular complexity index is 421. The fourth-order valence-corrected chi connectivity index (χ4v) is 2.52. The Morgan fingerprint density at radius 1 is 1.15 bits per heavy atom. The van der Waals surface area contributed by atoms with Crippen molar-refractivity contribution in [3.05, 3.63) is 22.4 Å². The molecule has 0 radical (unpaired) electrons. The summed E-state index contributed by atoms with van der Waals surface area (Å²) in [6, 6.07) is 3.73. The second kappa shape index (κ2) is 9.92. The van der Waals surface area contributed by atoms with E-state index in [0.29, 0.717) is 6.42 Å². The average Bonchev–Trinajstić information content (AvgIpc) is 2.41. The molecule has 20 heavy (non-hydrogen) atoms. The van der Waals surface area contributed by atoms with Crippen LogP contribution in [0.25, 0.3) is 0 Å². The first kappa shape index (κ1) is 17.2. The summed E-state index contributed by atoms with van der Waals surface area (Å²) in [4.78, 5) is 16.1. The molecule has 0 saturated heterocycles. The number of amides is 1. The third-order valence-electron chi connectivity index (χ3n) is 3.33. The van der Waals surface area contributed by atoms with Gasteiger partial charge in [0, 0.05) is 6.42 Å². The van der Waals surface area contributed by atoms with Gasteiger partial charge < -0.3 is 5.32 Å². The number of hydrogen-bond acceptors (Lipinski definition) is 2. The minimum absolute atomic E-state index is 0.0887. The molecule has 0 fully saturated rings. The van der Waals surface area contributed by atoms with E-state index >= 15 is 0 Å². The van der Waals surface area contributed by atoms with Crippen LogP contribution in [0.15, 0.2) is 16.7 Å². The van der Waals surface area contributed by atoms with Crippen molar-refractivity contribution in [2.75, 3.05) is 5.32 Å². The van der Waals surface area contributed by atoms with Gasteiger partial charge in [0.05, 0.1) is 11.4 Å². The second-order valence-electron chi connectivity index (χ2n) is 5.19. The first-order valence-corrected chi connectivity index (χ1v) is 8.35. The molecule has 0 aliphatic carbocycles. The van der Waals surface area contributed by atoms with Crippen molar-refractivity contribution < 1.29 is 4.79 Å². The molecule has 0 atom stereocenters. The van der Waals surface area contributed by atoms with Crippen LogP contribution in [0, 0.1) is 6.92 Å². The maximum Gasteiger partial charge on any atom is 0.224 e. The predicted octanol–water partition coefficient (Wildman–Crippen LogP) is 5.23. The number of hydrogen-bond donors (Lipinski definition) is 1. The number of halogens is 1. The summed E-state index contributed by atoms with van der Waals surface area (Å²) in [6.07, 6.45) is 9.20.